The zero-order valence-corrected chi connectivity index (χ0v) is 51.7. The van der Waals surface area contributed by atoms with E-state index in [0.29, 0.717) is 19.3 Å². The fourth-order valence-electron chi connectivity index (χ4n) is 9.69. The summed E-state index contributed by atoms with van der Waals surface area (Å²) in [7, 11) is 0. The Balaban J connectivity index is 4.11. The number of carbonyl (C=O) groups excluding carboxylic acids is 3. The van der Waals surface area contributed by atoms with E-state index in [4.69, 9.17) is 14.2 Å². The molecule has 78 heavy (non-hydrogen) atoms. The number of hydrogen-bond donors (Lipinski definition) is 0. The molecule has 450 valence electrons. The molecule has 6 heteroatoms. The van der Waals surface area contributed by atoms with E-state index in [1.54, 1.807) is 0 Å². The van der Waals surface area contributed by atoms with E-state index in [9.17, 15) is 14.4 Å². The molecular formula is C72H126O6. The number of rotatable bonds is 61. The van der Waals surface area contributed by atoms with Crippen LogP contribution in [0.25, 0.3) is 0 Å². The standard InChI is InChI=1S/C72H126O6/c1-4-7-10-13-16-19-22-25-27-28-29-30-31-32-33-34-35-36-37-38-39-40-41-42-43-44-46-47-50-53-56-59-62-65-71(74)77-68-69(67-76-70(73)64-61-58-55-52-49-24-21-18-15-12-9-6-3)78-72(75)66-63-60-57-54-51-48-45-26-23-20-17-14-11-8-5-2/h7-8,10-11,16-17,19-20,25-27,29-30,45,69H,4-6,9,12-15,18,21-24,28,31-44,46-68H2,1-3H3/b10-7-,11-8-,19-16-,20-17-,27-25-,30-29-,45-26-. The summed E-state index contributed by atoms with van der Waals surface area (Å²) in [6.07, 6.45) is 87.6. The van der Waals surface area contributed by atoms with Crippen LogP contribution in [-0.2, 0) is 28.6 Å². The van der Waals surface area contributed by atoms with Crippen LogP contribution in [0.15, 0.2) is 85.1 Å². The first-order chi connectivity index (χ1) is 38.5. The van der Waals surface area contributed by atoms with Crippen LogP contribution in [0.5, 0.6) is 0 Å². The summed E-state index contributed by atoms with van der Waals surface area (Å²) in [5.74, 6) is -0.879. The van der Waals surface area contributed by atoms with Gasteiger partial charge in [-0.3, -0.25) is 14.4 Å². The SMILES string of the molecule is CC/C=C\C/C=C\C/C=C\C/C=C\CCCCCCCCCCCCCCCCCCCCCCC(=O)OCC(COC(=O)CCCCCCCCCCCCCC)OC(=O)CCCCCCC/C=C\C/C=C\C/C=C\CC. The number of unbranched alkanes of at least 4 members (excludes halogenated alkanes) is 36. The summed E-state index contributed by atoms with van der Waals surface area (Å²) in [5.41, 5.74) is 0. The minimum Gasteiger partial charge on any atom is -0.462 e. The Labute approximate surface area is 484 Å². The topological polar surface area (TPSA) is 78.9 Å². The van der Waals surface area contributed by atoms with E-state index >= 15 is 0 Å². The quantitative estimate of drug-likeness (QED) is 0.0261. The van der Waals surface area contributed by atoms with Gasteiger partial charge in [0.2, 0.25) is 0 Å². The molecule has 0 saturated heterocycles. The molecule has 1 unspecified atom stereocenters. The average molecular weight is 1090 g/mol. The third-order valence-electron chi connectivity index (χ3n) is 14.6. The Morgan fingerprint density at radius 3 is 0.782 bits per heavy atom. The summed E-state index contributed by atoms with van der Waals surface area (Å²) in [5, 5.41) is 0. The predicted octanol–water partition coefficient (Wildman–Crippen LogP) is 23.1. The molecule has 0 heterocycles. The second-order valence-electron chi connectivity index (χ2n) is 22.3. The molecule has 0 N–H and O–H groups in total. The fourth-order valence-corrected chi connectivity index (χ4v) is 9.69. The van der Waals surface area contributed by atoms with Crippen molar-refractivity contribution in [1.29, 1.82) is 0 Å². The molecule has 0 aliphatic carbocycles. The lowest BCUT2D eigenvalue weighted by Gasteiger charge is -2.18. The minimum atomic E-state index is -0.782. The van der Waals surface area contributed by atoms with E-state index in [1.807, 2.05) is 0 Å². The van der Waals surface area contributed by atoms with E-state index in [2.05, 4.69) is 106 Å². The molecule has 0 aliphatic heterocycles. The lowest BCUT2D eigenvalue weighted by Crippen LogP contribution is -2.30. The first-order valence-electron chi connectivity index (χ1n) is 33.6. The summed E-state index contributed by atoms with van der Waals surface area (Å²) in [6.45, 7) is 6.43. The van der Waals surface area contributed by atoms with E-state index in [1.165, 1.54) is 173 Å². The van der Waals surface area contributed by atoms with Crippen molar-refractivity contribution in [3.63, 3.8) is 0 Å². The van der Waals surface area contributed by atoms with Gasteiger partial charge >= 0.3 is 17.9 Å². The number of carbonyl (C=O) groups is 3. The lowest BCUT2D eigenvalue weighted by molar-refractivity contribution is -0.167. The van der Waals surface area contributed by atoms with Gasteiger partial charge in [0.25, 0.3) is 0 Å². The molecule has 0 spiro atoms. The van der Waals surface area contributed by atoms with Gasteiger partial charge in [-0.1, -0.05) is 311 Å². The van der Waals surface area contributed by atoms with Crippen LogP contribution in [0.4, 0.5) is 0 Å². The smallest absolute Gasteiger partial charge is 0.306 e. The average Bonchev–Trinajstić information content (AvgIpc) is 3.44. The van der Waals surface area contributed by atoms with Crippen molar-refractivity contribution in [3.05, 3.63) is 85.1 Å². The van der Waals surface area contributed by atoms with Gasteiger partial charge in [0.05, 0.1) is 0 Å². The Kier molecular flexibility index (Phi) is 63.2. The summed E-state index contributed by atoms with van der Waals surface area (Å²) < 4.78 is 16.9. The van der Waals surface area contributed by atoms with Crippen LogP contribution in [0.3, 0.4) is 0 Å². The predicted molar refractivity (Wildman–Crippen MR) is 339 cm³/mol. The number of esters is 3. The normalized spacial score (nSPS) is 12.6. The van der Waals surface area contributed by atoms with Gasteiger partial charge in [-0.15, -0.1) is 0 Å². The maximum atomic E-state index is 12.9. The molecule has 1 atom stereocenters. The monoisotopic (exact) mass is 1090 g/mol. The summed E-state index contributed by atoms with van der Waals surface area (Å²) in [6, 6.07) is 0. The molecule has 0 aliphatic rings. The van der Waals surface area contributed by atoms with E-state index in [-0.39, 0.29) is 31.1 Å². The van der Waals surface area contributed by atoms with Crippen molar-refractivity contribution < 1.29 is 28.6 Å². The first kappa shape index (κ1) is 74.6. The number of allylic oxidation sites excluding steroid dienone is 14. The zero-order valence-electron chi connectivity index (χ0n) is 51.7. The van der Waals surface area contributed by atoms with Crippen molar-refractivity contribution >= 4 is 17.9 Å². The molecule has 0 bridgehead atoms. The highest BCUT2D eigenvalue weighted by atomic mass is 16.6. The molecule has 0 rings (SSSR count). The van der Waals surface area contributed by atoms with E-state index < -0.39 is 6.10 Å². The minimum absolute atomic E-state index is 0.0782. The molecule has 0 saturated carbocycles. The third kappa shape index (κ3) is 63.4. The fraction of sp³-hybridized carbons (Fsp3) is 0.764. The van der Waals surface area contributed by atoms with Crippen molar-refractivity contribution in [2.24, 2.45) is 0 Å². The Morgan fingerprint density at radius 2 is 0.500 bits per heavy atom. The Hall–Kier alpha value is -3.41. The number of hydrogen-bond acceptors (Lipinski definition) is 6. The van der Waals surface area contributed by atoms with Crippen LogP contribution < -0.4 is 0 Å². The van der Waals surface area contributed by atoms with Gasteiger partial charge in [0.15, 0.2) is 6.10 Å². The second kappa shape index (κ2) is 66.1. The highest BCUT2D eigenvalue weighted by Gasteiger charge is 2.19. The second-order valence-corrected chi connectivity index (χ2v) is 22.3. The van der Waals surface area contributed by atoms with Gasteiger partial charge in [0.1, 0.15) is 13.2 Å². The molecule has 0 aromatic heterocycles. The highest BCUT2D eigenvalue weighted by molar-refractivity contribution is 5.71. The van der Waals surface area contributed by atoms with Gasteiger partial charge in [-0.2, -0.15) is 0 Å². The molecule has 0 aromatic rings. The molecular weight excluding hydrogens is 961 g/mol. The third-order valence-corrected chi connectivity index (χ3v) is 14.6. The Morgan fingerprint density at radius 1 is 0.269 bits per heavy atom. The van der Waals surface area contributed by atoms with Crippen LogP contribution in [-0.4, -0.2) is 37.2 Å². The van der Waals surface area contributed by atoms with Gasteiger partial charge in [-0.05, 0) is 89.9 Å². The largest absolute Gasteiger partial charge is 0.462 e. The van der Waals surface area contributed by atoms with Gasteiger partial charge < -0.3 is 14.2 Å². The lowest BCUT2D eigenvalue weighted by atomic mass is 10.0. The molecule has 0 aromatic carbocycles. The molecule has 6 nitrogen and oxygen atoms in total. The van der Waals surface area contributed by atoms with Crippen LogP contribution in [0.1, 0.15) is 335 Å². The van der Waals surface area contributed by atoms with E-state index in [0.717, 1.165) is 122 Å². The van der Waals surface area contributed by atoms with Crippen LogP contribution in [0, 0.1) is 0 Å². The van der Waals surface area contributed by atoms with Crippen molar-refractivity contribution in [1.82, 2.24) is 0 Å². The highest BCUT2D eigenvalue weighted by Crippen LogP contribution is 2.18. The summed E-state index contributed by atoms with van der Waals surface area (Å²) in [4.78, 5) is 38.3. The van der Waals surface area contributed by atoms with Crippen LogP contribution >= 0.6 is 0 Å². The van der Waals surface area contributed by atoms with Gasteiger partial charge in [-0.25, -0.2) is 0 Å². The molecule has 0 fully saturated rings. The van der Waals surface area contributed by atoms with Crippen molar-refractivity contribution in [2.45, 2.75) is 341 Å². The van der Waals surface area contributed by atoms with Crippen molar-refractivity contribution in [3.8, 4) is 0 Å². The number of ether oxygens (including phenoxy) is 3. The summed E-state index contributed by atoms with van der Waals surface area (Å²) >= 11 is 0. The zero-order chi connectivity index (χ0) is 56.4. The van der Waals surface area contributed by atoms with Crippen LogP contribution in [0.2, 0.25) is 0 Å². The maximum Gasteiger partial charge on any atom is 0.306 e. The Bertz CT molecular complexity index is 1480. The maximum absolute atomic E-state index is 12.9. The van der Waals surface area contributed by atoms with Gasteiger partial charge in [0, 0.05) is 19.3 Å². The van der Waals surface area contributed by atoms with Crippen molar-refractivity contribution in [2.75, 3.05) is 13.2 Å². The molecule has 0 radical (unpaired) electrons. The molecule has 0 amide bonds. The first-order valence-corrected chi connectivity index (χ1v) is 33.6.